The molecule has 0 spiro atoms. The summed E-state index contributed by atoms with van der Waals surface area (Å²) >= 11 is 0. The maximum atomic E-state index is 6.43. The minimum absolute atomic E-state index is 0.0337. The van der Waals surface area contributed by atoms with E-state index in [0.717, 1.165) is 0 Å². The van der Waals surface area contributed by atoms with Crippen LogP contribution in [-0.4, -0.2) is 0 Å². The first-order chi connectivity index (χ1) is 9.39. The molecule has 0 saturated carbocycles. The van der Waals surface area contributed by atoms with Crippen molar-refractivity contribution in [3.05, 3.63) is 71.3 Å². The number of benzene rings is 2. The van der Waals surface area contributed by atoms with Gasteiger partial charge in [0.1, 0.15) is 0 Å². The highest BCUT2D eigenvalue weighted by Gasteiger charge is 2.18. The third kappa shape index (κ3) is 3.29. The predicted molar refractivity (Wildman–Crippen MR) is 86.9 cm³/mol. The van der Waals surface area contributed by atoms with E-state index in [-0.39, 0.29) is 11.5 Å². The molecular weight excluding hydrogens is 242 g/mol. The van der Waals surface area contributed by atoms with Gasteiger partial charge in [0, 0.05) is 12.0 Å². The fraction of sp³-hybridized carbons (Fsp3) is 0.368. The molecule has 2 aromatic rings. The van der Waals surface area contributed by atoms with Crippen LogP contribution in [0.15, 0.2) is 54.6 Å². The van der Waals surface area contributed by atoms with Gasteiger partial charge in [0.15, 0.2) is 0 Å². The molecule has 0 bridgehead atoms. The van der Waals surface area contributed by atoms with Gasteiger partial charge in [0.2, 0.25) is 0 Å². The van der Waals surface area contributed by atoms with E-state index >= 15 is 0 Å². The number of rotatable bonds is 3. The smallest absolute Gasteiger partial charge is 0.0361 e. The minimum atomic E-state index is 0.0337. The highest BCUT2D eigenvalue weighted by Crippen LogP contribution is 2.30. The highest BCUT2D eigenvalue weighted by molar-refractivity contribution is 5.32. The van der Waals surface area contributed by atoms with E-state index in [9.17, 15) is 0 Å². The van der Waals surface area contributed by atoms with Gasteiger partial charge in [-0.25, -0.2) is 0 Å². The van der Waals surface area contributed by atoms with Crippen LogP contribution in [0.25, 0.3) is 0 Å². The summed E-state index contributed by atoms with van der Waals surface area (Å²) in [5.74, 6) is 0.316. The molecule has 0 aliphatic heterocycles. The van der Waals surface area contributed by atoms with E-state index in [1.807, 2.05) is 6.07 Å². The molecule has 0 amide bonds. The summed E-state index contributed by atoms with van der Waals surface area (Å²) in [6.45, 7) is 8.88. The van der Waals surface area contributed by atoms with Crippen molar-refractivity contribution >= 4 is 0 Å². The molecule has 106 valence electrons. The molecule has 2 N–H and O–H groups in total. The van der Waals surface area contributed by atoms with Gasteiger partial charge in [-0.3, -0.25) is 0 Å². The van der Waals surface area contributed by atoms with Crippen molar-refractivity contribution in [2.45, 2.75) is 45.1 Å². The van der Waals surface area contributed by atoms with Gasteiger partial charge < -0.3 is 5.73 Å². The van der Waals surface area contributed by atoms with E-state index in [0.29, 0.717) is 5.92 Å². The summed E-state index contributed by atoms with van der Waals surface area (Å²) < 4.78 is 0. The molecular formula is C19H25N. The summed E-state index contributed by atoms with van der Waals surface area (Å²) in [6, 6.07) is 19.3. The molecule has 1 nitrogen and oxygen atoms in total. The van der Waals surface area contributed by atoms with Crippen LogP contribution in [0, 0.1) is 0 Å². The summed E-state index contributed by atoms with van der Waals surface area (Å²) in [5, 5.41) is 0. The number of nitrogens with two attached hydrogens (primary N) is 1. The average Bonchev–Trinajstić information content (AvgIpc) is 2.46. The van der Waals surface area contributed by atoms with Crippen LogP contribution in [0.1, 0.15) is 56.3 Å². The molecule has 2 atom stereocenters. The predicted octanol–water partition coefficient (Wildman–Crippen LogP) is 4.79. The number of hydrogen-bond acceptors (Lipinski definition) is 1. The molecule has 0 aliphatic carbocycles. The van der Waals surface area contributed by atoms with Gasteiger partial charge in [-0.05, 0) is 22.1 Å². The first kappa shape index (κ1) is 14.8. The fourth-order valence-corrected chi connectivity index (χ4v) is 2.46. The van der Waals surface area contributed by atoms with Crippen molar-refractivity contribution in [2.24, 2.45) is 5.73 Å². The Hall–Kier alpha value is -1.60. The monoisotopic (exact) mass is 267 g/mol. The molecule has 20 heavy (non-hydrogen) atoms. The molecule has 0 aromatic heterocycles. The summed E-state index contributed by atoms with van der Waals surface area (Å²) in [6.07, 6.45) is 0. The van der Waals surface area contributed by atoms with Crippen molar-refractivity contribution < 1.29 is 0 Å². The lowest BCUT2D eigenvalue weighted by atomic mass is 9.84. The molecule has 0 saturated heterocycles. The topological polar surface area (TPSA) is 26.0 Å². The zero-order chi connectivity index (χ0) is 14.8. The molecule has 2 unspecified atom stereocenters. The van der Waals surface area contributed by atoms with Crippen LogP contribution in [-0.2, 0) is 5.41 Å². The third-order valence-electron chi connectivity index (χ3n) is 4.03. The summed E-state index contributed by atoms with van der Waals surface area (Å²) in [7, 11) is 0. The lowest BCUT2D eigenvalue weighted by Gasteiger charge is -2.23. The Morgan fingerprint density at radius 2 is 1.35 bits per heavy atom. The Morgan fingerprint density at radius 1 is 0.800 bits per heavy atom. The quantitative estimate of drug-likeness (QED) is 0.850. The van der Waals surface area contributed by atoms with E-state index in [4.69, 9.17) is 5.73 Å². The van der Waals surface area contributed by atoms with Gasteiger partial charge in [0.25, 0.3) is 0 Å². The zero-order valence-corrected chi connectivity index (χ0v) is 12.9. The maximum absolute atomic E-state index is 6.43. The van der Waals surface area contributed by atoms with E-state index in [1.54, 1.807) is 0 Å². The van der Waals surface area contributed by atoms with Crippen LogP contribution in [0.3, 0.4) is 0 Å². The Bertz CT molecular complexity index is 534. The molecule has 2 aromatic carbocycles. The largest absolute Gasteiger partial charge is 0.323 e. The standard InChI is InChI=1S/C19H25N/c1-14(15-8-6-5-7-9-15)18(20)16-10-12-17(13-11-16)19(2,3)4/h5-14,18H,20H2,1-4H3. The van der Waals surface area contributed by atoms with Crippen molar-refractivity contribution in [2.75, 3.05) is 0 Å². The zero-order valence-electron chi connectivity index (χ0n) is 12.9. The summed E-state index contributed by atoms with van der Waals surface area (Å²) in [5.41, 5.74) is 10.5. The molecule has 1 heteroatoms. The lowest BCUT2D eigenvalue weighted by Crippen LogP contribution is -2.18. The molecule has 0 radical (unpaired) electrons. The molecule has 2 rings (SSSR count). The Labute approximate surface area is 122 Å². The van der Waals surface area contributed by atoms with Crippen molar-refractivity contribution in [1.82, 2.24) is 0 Å². The molecule has 0 aliphatic rings. The van der Waals surface area contributed by atoms with Gasteiger partial charge in [-0.15, -0.1) is 0 Å². The highest BCUT2D eigenvalue weighted by atomic mass is 14.6. The van der Waals surface area contributed by atoms with Gasteiger partial charge >= 0.3 is 0 Å². The Kier molecular flexibility index (Phi) is 4.29. The van der Waals surface area contributed by atoms with Gasteiger partial charge in [-0.1, -0.05) is 82.3 Å². The van der Waals surface area contributed by atoms with Crippen LogP contribution in [0.4, 0.5) is 0 Å². The average molecular weight is 267 g/mol. The maximum Gasteiger partial charge on any atom is 0.0361 e. The van der Waals surface area contributed by atoms with Crippen LogP contribution < -0.4 is 5.73 Å². The SMILES string of the molecule is CC(c1ccccc1)C(N)c1ccc(C(C)(C)C)cc1. The third-order valence-corrected chi connectivity index (χ3v) is 4.03. The van der Waals surface area contributed by atoms with Crippen molar-refractivity contribution in [1.29, 1.82) is 0 Å². The van der Waals surface area contributed by atoms with Gasteiger partial charge in [0.05, 0.1) is 0 Å². The lowest BCUT2D eigenvalue weighted by molar-refractivity contribution is 0.582. The second-order valence-corrected chi connectivity index (χ2v) is 6.60. The second-order valence-electron chi connectivity index (χ2n) is 6.60. The normalized spacial score (nSPS) is 14.8. The first-order valence-electron chi connectivity index (χ1n) is 7.30. The van der Waals surface area contributed by atoms with Crippen LogP contribution in [0.5, 0.6) is 0 Å². The Morgan fingerprint density at radius 3 is 1.85 bits per heavy atom. The van der Waals surface area contributed by atoms with E-state index in [2.05, 4.69) is 76.2 Å². The van der Waals surface area contributed by atoms with Crippen LogP contribution in [0.2, 0.25) is 0 Å². The van der Waals surface area contributed by atoms with Crippen molar-refractivity contribution in [3.63, 3.8) is 0 Å². The van der Waals surface area contributed by atoms with E-state index < -0.39 is 0 Å². The fourth-order valence-electron chi connectivity index (χ4n) is 2.46. The number of hydrogen-bond donors (Lipinski definition) is 1. The van der Waals surface area contributed by atoms with E-state index in [1.165, 1.54) is 16.7 Å². The first-order valence-corrected chi connectivity index (χ1v) is 7.30. The minimum Gasteiger partial charge on any atom is -0.323 e. The molecule has 0 fully saturated rings. The van der Waals surface area contributed by atoms with Crippen LogP contribution >= 0.6 is 0 Å². The Balaban J connectivity index is 2.19. The second kappa shape index (κ2) is 5.80. The summed E-state index contributed by atoms with van der Waals surface area (Å²) in [4.78, 5) is 0. The molecule has 0 heterocycles. The van der Waals surface area contributed by atoms with Gasteiger partial charge in [-0.2, -0.15) is 0 Å². The van der Waals surface area contributed by atoms with Crippen molar-refractivity contribution in [3.8, 4) is 0 Å².